The van der Waals surface area contributed by atoms with Gasteiger partial charge in [-0.1, -0.05) is 0 Å². The molecule has 0 aromatic rings. The Morgan fingerprint density at radius 2 is 0.750 bits per heavy atom. The van der Waals surface area contributed by atoms with Gasteiger partial charge >= 0.3 is 72.6 Å². The summed E-state index contributed by atoms with van der Waals surface area (Å²) in [5.74, 6) is 0. The van der Waals surface area contributed by atoms with Crippen LogP contribution in [0.1, 0.15) is 0 Å². The Balaban J connectivity index is -0.0000000267. The monoisotopic (exact) mass is 406 g/mol. The van der Waals surface area contributed by atoms with E-state index in [-0.39, 0.29) is 34.0 Å². The fourth-order valence-corrected chi connectivity index (χ4v) is 0. The molecule has 2 N–H and O–H groups in total. The van der Waals surface area contributed by atoms with Crippen LogP contribution in [0.2, 0.25) is 0 Å². The molecule has 0 aromatic carbocycles. The molecule has 0 spiro atoms. The van der Waals surface area contributed by atoms with Crippen molar-refractivity contribution in [1.82, 2.24) is 0 Å². The van der Waals surface area contributed by atoms with Gasteiger partial charge in [0.05, 0.1) is 0 Å². The molecular weight excluding hydrogens is 405 g/mol. The molecule has 2 nitrogen and oxygen atoms in total. The van der Waals surface area contributed by atoms with Gasteiger partial charge in [-0.05, 0) is 0 Å². The molecule has 48 valence electrons. The first-order chi connectivity index (χ1) is 2.00. The van der Waals surface area contributed by atoms with E-state index in [0.29, 0.717) is 0 Å². The Hall–Kier alpha value is 2.77. The van der Waals surface area contributed by atoms with E-state index in [1.807, 2.05) is 0 Å². The minimum atomic E-state index is -3.39. The topological polar surface area (TPSA) is 60.0 Å². The molecule has 0 amide bonds. The summed E-state index contributed by atoms with van der Waals surface area (Å²) in [4.78, 5) is 0. The molecule has 0 aliphatic heterocycles. The van der Waals surface area contributed by atoms with E-state index in [4.69, 9.17) is 33.3 Å². The largest absolute Gasteiger partial charge is 2.00 e. The molecule has 0 bridgehead atoms. The third-order valence-electron chi connectivity index (χ3n) is 0. The van der Waals surface area contributed by atoms with Crippen LogP contribution < -0.4 is 0 Å². The van der Waals surface area contributed by atoms with E-state index in [1.165, 1.54) is 0 Å². The number of hydrogen-bond donors (Lipinski definition) is 0. The summed E-state index contributed by atoms with van der Waals surface area (Å²) in [6, 6.07) is 0. The first kappa shape index (κ1) is 22.4. The van der Waals surface area contributed by atoms with Gasteiger partial charge in [0.15, 0.2) is 0 Å². The molecule has 0 radical (unpaired) electrons. The molecule has 8 heteroatoms. The third-order valence-corrected chi connectivity index (χ3v) is 0. The average Bonchev–Trinajstić information content (AvgIpc) is 0.722. The van der Waals surface area contributed by atoms with Crippen molar-refractivity contribution in [2.45, 2.75) is 0 Å². The predicted octanol–water partition coefficient (Wildman–Crippen LogP) is 1.64. The second-order valence-electron chi connectivity index (χ2n) is 0.429. The molecule has 0 saturated carbocycles. The summed E-state index contributed by atoms with van der Waals surface area (Å²) >= 11 is -3.39. The Kier molecular flexibility index (Phi) is 27.4. The van der Waals surface area contributed by atoms with E-state index in [2.05, 4.69) is 0 Å². The van der Waals surface area contributed by atoms with Gasteiger partial charge in [-0.25, -0.2) is 0 Å². The number of hydrogen-bond acceptors (Lipinski definition) is 2. The zero-order valence-corrected chi connectivity index (χ0v) is 11.9. The molecule has 0 aliphatic carbocycles. The number of halogens is 4. The standard InChI is InChI=1S/4ClH.Mg.2H2O.Pb/h4*1H;;2*1H2;/q;;;;+2;;;+4/p-6. The molecule has 0 rings (SSSR count). The third kappa shape index (κ3) is 69.0. The van der Waals surface area contributed by atoms with Gasteiger partial charge in [0.1, 0.15) is 0 Å². The smallest absolute Gasteiger partial charge is 0.870 e. The van der Waals surface area contributed by atoms with Crippen molar-refractivity contribution < 1.29 is 11.0 Å². The average molecular weight is 407 g/mol. The SMILES string of the molecule is [Cl][Pb]([Cl])([Cl])[Cl].[Mg+2].[OH-].[OH-]. The molecular formula is H2Cl4MgO2Pb. The van der Waals surface area contributed by atoms with Crippen LogP contribution in [0.15, 0.2) is 0 Å². The maximum absolute atomic E-state index is 5.05. The summed E-state index contributed by atoms with van der Waals surface area (Å²) in [6.45, 7) is 0. The van der Waals surface area contributed by atoms with E-state index < -0.39 is 16.3 Å². The van der Waals surface area contributed by atoms with Crippen LogP contribution in [0.5, 0.6) is 0 Å². The molecule has 0 unspecified atom stereocenters. The quantitative estimate of drug-likeness (QED) is 0.574. The molecule has 0 heterocycles. The maximum Gasteiger partial charge on any atom is 2.00 e. The normalized spacial score (nSPS) is 7.50. The first-order valence-corrected chi connectivity index (χ1v) is 19.9. The van der Waals surface area contributed by atoms with E-state index in [9.17, 15) is 0 Å². The summed E-state index contributed by atoms with van der Waals surface area (Å²) in [5.41, 5.74) is 0. The van der Waals surface area contributed by atoms with Gasteiger partial charge in [-0.2, -0.15) is 0 Å². The summed E-state index contributed by atoms with van der Waals surface area (Å²) in [7, 11) is 20.2. The van der Waals surface area contributed by atoms with Crippen LogP contribution in [0.25, 0.3) is 0 Å². The van der Waals surface area contributed by atoms with Crippen LogP contribution in [-0.2, 0) is 0 Å². The van der Waals surface area contributed by atoms with Crippen molar-refractivity contribution in [3.63, 3.8) is 0 Å². The van der Waals surface area contributed by atoms with Gasteiger partial charge in [0.2, 0.25) is 0 Å². The van der Waals surface area contributed by atoms with Crippen LogP contribution in [0.4, 0.5) is 0 Å². The van der Waals surface area contributed by atoms with E-state index in [1.54, 1.807) is 0 Å². The Bertz CT molecular complexity index is 29.5. The van der Waals surface area contributed by atoms with Crippen molar-refractivity contribution >= 4 is 72.6 Å². The fourth-order valence-electron chi connectivity index (χ4n) is 0. The summed E-state index contributed by atoms with van der Waals surface area (Å²) in [6.07, 6.45) is 0. The molecule has 8 heavy (non-hydrogen) atoms. The van der Waals surface area contributed by atoms with Crippen LogP contribution in [0.3, 0.4) is 0 Å². The van der Waals surface area contributed by atoms with Gasteiger partial charge in [-0.3, -0.25) is 0 Å². The zero-order chi connectivity index (χ0) is 4.50. The van der Waals surface area contributed by atoms with Crippen molar-refractivity contribution in [1.29, 1.82) is 0 Å². The second kappa shape index (κ2) is 9.77. The minimum Gasteiger partial charge on any atom is -0.870 e. The molecule has 0 atom stereocenters. The summed E-state index contributed by atoms with van der Waals surface area (Å²) < 4.78 is 0. The molecule has 0 fully saturated rings. The summed E-state index contributed by atoms with van der Waals surface area (Å²) in [5, 5.41) is 0. The predicted molar refractivity (Wildman–Crippen MR) is 38.8 cm³/mol. The number of rotatable bonds is 0. The van der Waals surface area contributed by atoms with Gasteiger partial charge < -0.3 is 11.0 Å². The van der Waals surface area contributed by atoms with Crippen molar-refractivity contribution in [3.05, 3.63) is 0 Å². The van der Waals surface area contributed by atoms with E-state index in [0.717, 1.165) is 0 Å². The van der Waals surface area contributed by atoms with Crippen LogP contribution >= 0.6 is 33.3 Å². The molecule has 0 aliphatic rings. The van der Waals surface area contributed by atoms with Crippen LogP contribution in [0, 0.1) is 0 Å². The van der Waals surface area contributed by atoms with Gasteiger partial charge in [0, 0.05) is 0 Å². The Labute approximate surface area is 82.1 Å². The van der Waals surface area contributed by atoms with Gasteiger partial charge in [0.25, 0.3) is 0 Å². The maximum atomic E-state index is 5.05. The zero-order valence-electron chi connectivity index (χ0n) is 3.61. The fraction of sp³-hybridized carbons (Fsp3) is 0. The molecule has 0 saturated heterocycles. The first-order valence-electron chi connectivity index (χ1n) is 0.756. The Morgan fingerprint density at radius 3 is 0.750 bits per heavy atom. The van der Waals surface area contributed by atoms with Crippen LogP contribution in [-0.4, -0.2) is 50.3 Å². The molecule has 0 aromatic heterocycles. The Morgan fingerprint density at radius 1 is 0.750 bits per heavy atom. The second-order valence-corrected chi connectivity index (χ2v) is 33.8. The van der Waals surface area contributed by atoms with Crippen molar-refractivity contribution in [3.8, 4) is 0 Å². The van der Waals surface area contributed by atoms with Gasteiger partial charge in [-0.15, -0.1) is 0 Å². The van der Waals surface area contributed by atoms with Crippen molar-refractivity contribution in [2.24, 2.45) is 0 Å². The van der Waals surface area contributed by atoms with Crippen molar-refractivity contribution in [2.75, 3.05) is 0 Å². The minimum absolute atomic E-state index is 0. The van der Waals surface area contributed by atoms with E-state index >= 15 is 0 Å².